The molecular formula is C13H13ClN4O2S. The number of aromatic nitrogens is 3. The zero-order valence-electron chi connectivity index (χ0n) is 11.1. The van der Waals surface area contributed by atoms with Gasteiger partial charge in [-0.1, -0.05) is 29.8 Å². The average molecular weight is 325 g/mol. The summed E-state index contributed by atoms with van der Waals surface area (Å²) in [6, 6.07) is 7.06. The largest absolute Gasteiger partial charge is 0.259 e. The number of rotatable bonds is 3. The molecule has 8 heteroatoms. The minimum atomic E-state index is -3.61. The zero-order valence-corrected chi connectivity index (χ0v) is 12.6. The molecule has 0 unspecified atom stereocenters. The van der Waals surface area contributed by atoms with Crippen molar-refractivity contribution in [3.05, 3.63) is 46.6 Å². The molecule has 2 heterocycles. The number of benzene rings is 1. The third-order valence-electron chi connectivity index (χ3n) is 3.18. The van der Waals surface area contributed by atoms with Gasteiger partial charge in [0.2, 0.25) is 5.95 Å². The highest BCUT2D eigenvalue weighted by Crippen LogP contribution is 2.22. The highest BCUT2D eigenvalue weighted by Gasteiger charge is 2.27. The van der Waals surface area contributed by atoms with Crippen LogP contribution in [0.25, 0.3) is 6.08 Å². The first-order valence-corrected chi connectivity index (χ1v) is 8.29. The monoisotopic (exact) mass is 324 g/mol. The molecule has 21 heavy (non-hydrogen) atoms. The molecule has 110 valence electrons. The Morgan fingerprint density at radius 1 is 1.24 bits per heavy atom. The Balaban J connectivity index is 1.91. The summed E-state index contributed by atoms with van der Waals surface area (Å²) in [4.78, 5) is 4.02. The standard InChI is InChI=1S/C13H13ClN4O2S/c14-12-5-2-1-4-11(12)6-9-21(19,20)18-8-3-7-17-13(18)15-10-16-17/h1-2,4-6,9-10H,3,7-8H2/b9-6+. The van der Waals surface area contributed by atoms with Crippen molar-refractivity contribution in [1.29, 1.82) is 0 Å². The summed E-state index contributed by atoms with van der Waals surface area (Å²) >= 11 is 6.02. The van der Waals surface area contributed by atoms with Crippen LogP contribution in [0.1, 0.15) is 12.0 Å². The molecule has 0 amide bonds. The Labute approximate surface area is 127 Å². The first kappa shape index (κ1) is 14.1. The number of hydrogen-bond acceptors (Lipinski definition) is 4. The van der Waals surface area contributed by atoms with Gasteiger partial charge < -0.3 is 0 Å². The number of fused-ring (bicyclic) bond motifs is 1. The SMILES string of the molecule is O=S(=O)(/C=C/c1ccccc1Cl)N1CCCn2ncnc21. The lowest BCUT2D eigenvalue weighted by atomic mass is 10.2. The summed E-state index contributed by atoms with van der Waals surface area (Å²) in [5.41, 5.74) is 0.654. The van der Waals surface area contributed by atoms with Gasteiger partial charge in [0.15, 0.2) is 0 Å². The van der Waals surface area contributed by atoms with Crippen molar-refractivity contribution in [3.63, 3.8) is 0 Å². The predicted molar refractivity (Wildman–Crippen MR) is 81.4 cm³/mol. The van der Waals surface area contributed by atoms with Gasteiger partial charge >= 0.3 is 0 Å². The van der Waals surface area contributed by atoms with Crippen LogP contribution in [0, 0.1) is 0 Å². The average Bonchev–Trinajstić information content (AvgIpc) is 2.94. The molecule has 1 aliphatic rings. The summed E-state index contributed by atoms with van der Waals surface area (Å²) < 4.78 is 27.7. The summed E-state index contributed by atoms with van der Waals surface area (Å²) in [6.45, 7) is 1.07. The minimum Gasteiger partial charge on any atom is -0.234 e. The predicted octanol–water partition coefficient (Wildman–Crippen LogP) is 2.14. The van der Waals surface area contributed by atoms with Crippen molar-refractivity contribution < 1.29 is 8.42 Å². The van der Waals surface area contributed by atoms with Crippen LogP contribution in [-0.2, 0) is 16.6 Å². The topological polar surface area (TPSA) is 68.1 Å². The molecular weight excluding hydrogens is 312 g/mol. The minimum absolute atomic E-state index is 0.352. The van der Waals surface area contributed by atoms with E-state index in [0.29, 0.717) is 36.0 Å². The van der Waals surface area contributed by atoms with E-state index in [1.54, 1.807) is 28.9 Å². The lowest BCUT2D eigenvalue weighted by Gasteiger charge is -2.25. The molecule has 6 nitrogen and oxygen atoms in total. The van der Waals surface area contributed by atoms with Crippen molar-refractivity contribution in [2.75, 3.05) is 10.8 Å². The number of halogens is 1. The van der Waals surface area contributed by atoms with Gasteiger partial charge in [-0.3, -0.25) is 0 Å². The van der Waals surface area contributed by atoms with Gasteiger partial charge in [-0.05, 0) is 24.1 Å². The van der Waals surface area contributed by atoms with E-state index in [9.17, 15) is 8.42 Å². The second-order valence-electron chi connectivity index (χ2n) is 4.58. The lowest BCUT2D eigenvalue weighted by molar-refractivity contribution is 0.533. The Morgan fingerprint density at radius 2 is 2.05 bits per heavy atom. The van der Waals surface area contributed by atoms with Crippen molar-refractivity contribution in [2.24, 2.45) is 0 Å². The molecule has 1 aromatic heterocycles. The highest BCUT2D eigenvalue weighted by molar-refractivity contribution is 7.95. The van der Waals surface area contributed by atoms with Crippen molar-refractivity contribution in [2.45, 2.75) is 13.0 Å². The van der Waals surface area contributed by atoms with Gasteiger partial charge in [-0.25, -0.2) is 17.4 Å². The summed E-state index contributed by atoms with van der Waals surface area (Å²) in [5.74, 6) is 0.352. The molecule has 3 rings (SSSR count). The van der Waals surface area contributed by atoms with E-state index in [1.807, 2.05) is 0 Å². The van der Waals surface area contributed by atoms with Crippen LogP contribution in [0.2, 0.25) is 5.02 Å². The first-order chi connectivity index (χ1) is 10.1. The highest BCUT2D eigenvalue weighted by atomic mass is 35.5. The molecule has 2 aromatic rings. The molecule has 0 atom stereocenters. The molecule has 0 radical (unpaired) electrons. The maximum Gasteiger partial charge on any atom is 0.259 e. The summed E-state index contributed by atoms with van der Waals surface area (Å²) in [6.07, 6.45) is 3.56. The molecule has 1 aliphatic heterocycles. The van der Waals surface area contributed by atoms with E-state index in [2.05, 4.69) is 10.1 Å². The quantitative estimate of drug-likeness (QED) is 0.867. The van der Waals surface area contributed by atoms with E-state index in [-0.39, 0.29) is 0 Å². The van der Waals surface area contributed by atoms with Gasteiger partial charge in [0, 0.05) is 18.1 Å². The summed E-state index contributed by atoms with van der Waals surface area (Å²) in [5, 5.41) is 5.66. The Hall–Kier alpha value is -1.86. The zero-order chi connectivity index (χ0) is 14.9. The van der Waals surface area contributed by atoms with Crippen LogP contribution in [0.3, 0.4) is 0 Å². The van der Waals surface area contributed by atoms with E-state index in [1.165, 1.54) is 16.7 Å². The first-order valence-electron chi connectivity index (χ1n) is 6.41. The van der Waals surface area contributed by atoms with Gasteiger partial charge in [0.25, 0.3) is 10.0 Å². The number of anilines is 1. The molecule has 0 spiro atoms. The van der Waals surface area contributed by atoms with Crippen LogP contribution < -0.4 is 4.31 Å². The van der Waals surface area contributed by atoms with Crippen LogP contribution >= 0.6 is 11.6 Å². The smallest absolute Gasteiger partial charge is 0.234 e. The number of sulfonamides is 1. The van der Waals surface area contributed by atoms with E-state index in [4.69, 9.17) is 11.6 Å². The van der Waals surface area contributed by atoms with E-state index < -0.39 is 10.0 Å². The Kier molecular flexibility index (Phi) is 3.69. The van der Waals surface area contributed by atoms with Gasteiger partial charge in [-0.15, -0.1) is 0 Å². The molecule has 0 aliphatic carbocycles. The maximum absolute atomic E-state index is 12.4. The fourth-order valence-corrected chi connectivity index (χ4v) is 3.57. The normalized spacial score (nSPS) is 15.4. The fourth-order valence-electron chi connectivity index (χ4n) is 2.16. The molecule has 0 fully saturated rings. The number of hydrogen-bond donors (Lipinski definition) is 0. The van der Waals surface area contributed by atoms with Gasteiger partial charge in [-0.2, -0.15) is 10.1 Å². The molecule has 0 saturated heterocycles. The van der Waals surface area contributed by atoms with E-state index >= 15 is 0 Å². The van der Waals surface area contributed by atoms with Gasteiger partial charge in [0.05, 0.1) is 5.41 Å². The van der Waals surface area contributed by atoms with Gasteiger partial charge in [0.1, 0.15) is 6.33 Å². The maximum atomic E-state index is 12.4. The second kappa shape index (κ2) is 5.50. The Bertz CT molecular complexity index is 785. The van der Waals surface area contributed by atoms with Crippen LogP contribution in [0.15, 0.2) is 36.0 Å². The molecule has 1 aromatic carbocycles. The molecule has 0 bridgehead atoms. The Morgan fingerprint density at radius 3 is 2.86 bits per heavy atom. The molecule has 0 N–H and O–H groups in total. The second-order valence-corrected chi connectivity index (χ2v) is 6.73. The summed E-state index contributed by atoms with van der Waals surface area (Å²) in [7, 11) is -3.61. The number of aryl methyl sites for hydroxylation is 1. The number of nitrogens with zero attached hydrogens (tertiary/aromatic N) is 4. The third kappa shape index (κ3) is 2.79. The molecule has 0 saturated carbocycles. The van der Waals surface area contributed by atoms with Crippen LogP contribution in [-0.4, -0.2) is 29.7 Å². The fraction of sp³-hybridized carbons (Fsp3) is 0.231. The van der Waals surface area contributed by atoms with Crippen molar-refractivity contribution >= 4 is 33.6 Å². The van der Waals surface area contributed by atoms with Crippen molar-refractivity contribution in [1.82, 2.24) is 14.8 Å². The van der Waals surface area contributed by atoms with Crippen molar-refractivity contribution in [3.8, 4) is 0 Å². The third-order valence-corrected chi connectivity index (χ3v) is 4.97. The van der Waals surface area contributed by atoms with Crippen LogP contribution in [0.5, 0.6) is 0 Å². The van der Waals surface area contributed by atoms with Crippen LogP contribution in [0.4, 0.5) is 5.95 Å². The lowest BCUT2D eigenvalue weighted by Crippen LogP contribution is -2.36. The van der Waals surface area contributed by atoms with E-state index in [0.717, 1.165) is 5.41 Å².